The largest absolute Gasteiger partial charge is 0.308 e. The van der Waals surface area contributed by atoms with Gasteiger partial charge in [0.05, 0.1) is 0 Å². The Morgan fingerprint density at radius 1 is 1.88 bits per heavy atom. The highest BCUT2D eigenvalue weighted by Crippen LogP contribution is 1.78. The summed E-state index contributed by atoms with van der Waals surface area (Å²) in [6.45, 7) is 5.58. The van der Waals surface area contributed by atoms with E-state index < -0.39 is 0 Å². The Morgan fingerprint density at radius 3 is 2.88 bits per heavy atom. The lowest BCUT2D eigenvalue weighted by Gasteiger charge is -2.04. The molecule has 0 fully saturated rings. The molecule has 2 heteroatoms. The number of hydrogen-bond donors (Lipinski definition) is 1. The van der Waals surface area contributed by atoms with E-state index in [0.717, 1.165) is 0 Å². The highest BCUT2D eigenvalue weighted by molar-refractivity contribution is 4.80. The van der Waals surface area contributed by atoms with E-state index in [2.05, 4.69) is 11.9 Å². The summed E-state index contributed by atoms with van der Waals surface area (Å²) >= 11 is 0. The summed E-state index contributed by atoms with van der Waals surface area (Å²) in [5.74, 6) is 0. The third kappa shape index (κ3) is 3.81. The third-order valence-electron chi connectivity index (χ3n) is 0.914. The monoisotopic (exact) mass is 117 g/mol. The van der Waals surface area contributed by atoms with Crippen molar-refractivity contribution < 1.29 is 4.39 Å². The minimum Gasteiger partial charge on any atom is -0.308 e. The topological polar surface area (TPSA) is 12.0 Å². The van der Waals surface area contributed by atoms with Crippen LogP contribution in [0.5, 0.6) is 0 Å². The Bertz CT molecular complexity index is 63.5. The van der Waals surface area contributed by atoms with Gasteiger partial charge in [-0.25, -0.2) is 4.39 Å². The molecule has 0 aromatic heterocycles. The summed E-state index contributed by atoms with van der Waals surface area (Å²) in [5.41, 5.74) is 0. The second kappa shape index (κ2) is 4.78. The minimum atomic E-state index is -0.307. The maximum Gasteiger partial charge on any atom is 0.102 e. The smallest absolute Gasteiger partial charge is 0.102 e. The SMILES string of the molecule is C=CC(C)NCCF. The molecule has 0 heterocycles. The molecule has 0 aromatic carbocycles. The summed E-state index contributed by atoms with van der Waals surface area (Å²) in [6, 6.07) is 0.228. The Hall–Kier alpha value is -0.370. The van der Waals surface area contributed by atoms with Crippen molar-refractivity contribution in [3.63, 3.8) is 0 Å². The van der Waals surface area contributed by atoms with Crippen LogP contribution in [0.1, 0.15) is 6.92 Å². The number of alkyl halides is 1. The highest BCUT2D eigenvalue weighted by Gasteiger charge is 1.89. The fourth-order valence-corrected chi connectivity index (χ4v) is 0.366. The molecule has 0 aliphatic carbocycles. The Kier molecular flexibility index (Phi) is 4.56. The molecule has 0 aromatic rings. The summed E-state index contributed by atoms with van der Waals surface area (Å²) in [4.78, 5) is 0. The van der Waals surface area contributed by atoms with Gasteiger partial charge in [0.1, 0.15) is 6.67 Å². The summed E-state index contributed by atoms with van der Waals surface area (Å²) in [6.07, 6.45) is 1.75. The molecule has 0 saturated carbocycles. The van der Waals surface area contributed by atoms with Gasteiger partial charge in [-0.15, -0.1) is 6.58 Å². The molecular formula is C6H12FN. The molecule has 0 radical (unpaired) electrons. The average molecular weight is 117 g/mol. The van der Waals surface area contributed by atoms with Gasteiger partial charge in [-0.3, -0.25) is 0 Å². The van der Waals surface area contributed by atoms with E-state index in [1.165, 1.54) is 0 Å². The van der Waals surface area contributed by atoms with Gasteiger partial charge in [0.2, 0.25) is 0 Å². The van der Waals surface area contributed by atoms with Crippen LogP contribution in [-0.2, 0) is 0 Å². The zero-order valence-corrected chi connectivity index (χ0v) is 5.15. The lowest BCUT2D eigenvalue weighted by molar-refractivity contribution is 0.458. The van der Waals surface area contributed by atoms with Crippen LogP contribution in [0.3, 0.4) is 0 Å². The van der Waals surface area contributed by atoms with E-state index in [0.29, 0.717) is 6.54 Å². The summed E-state index contributed by atoms with van der Waals surface area (Å²) in [5, 5.41) is 2.89. The lowest BCUT2D eigenvalue weighted by Crippen LogP contribution is -2.25. The van der Waals surface area contributed by atoms with Crippen LogP contribution in [0.25, 0.3) is 0 Å². The third-order valence-corrected chi connectivity index (χ3v) is 0.914. The maximum atomic E-state index is 11.4. The molecule has 0 aliphatic heterocycles. The maximum absolute atomic E-state index is 11.4. The minimum absolute atomic E-state index is 0.228. The lowest BCUT2D eigenvalue weighted by atomic mass is 10.3. The van der Waals surface area contributed by atoms with Crippen LogP contribution in [0.4, 0.5) is 4.39 Å². The van der Waals surface area contributed by atoms with Gasteiger partial charge < -0.3 is 5.32 Å². The van der Waals surface area contributed by atoms with Crippen molar-refractivity contribution in [1.29, 1.82) is 0 Å². The zero-order chi connectivity index (χ0) is 6.41. The van der Waals surface area contributed by atoms with Crippen molar-refractivity contribution in [3.05, 3.63) is 12.7 Å². The van der Waals surface area contributed by atoms with Crippen LogP contribution in [-0.4, -0.2) is 19.3 Å². The molecule has 48 valence electrons. The van der Waals surface area contributed by atoms with Gasteiger partial charge in [-0.1, -0.05) is 6.08 Å². The van der Waals surface area contributed by atoms with Crippen LogP contribution in [0.15, 0.2) is 12.7 Å². The zero-order valence-electron chi connectivity index (χ0n) is 5.15. The van der Waals surface area contributed by atoms with E-state index >= 15 is 0 Å². The van der Waals surface area contributed by atoms with E-state index in [-0.39, 0.29) is 12.7 Å². The van der Waals surface area contributed by atoms with E-state index in [1.807, 2.05) is 6.92 Å². The molecule has 0 spiro atoms. The predicted octanol–water partition coefficient (Wildman–Crippen LogP) is 1.12. The molecule has 0 amide bonds. The molecule has 0 aliphatic rings. The summed E-state index contributed by atoms with van der Waals surface area (Å²) < 4.78 is 11.4. The average Bonchev–Trinajstić information content (AvgIpc) is 1.83. The number of hydrogen-bond acceptors (Lipinski definition) is 1. The first-order valence-corrected chi connectivity index (χ1v) is 2.73. The summed E-state index contributed by atoms with van der Waals surface area (Å²) in [7, 11) is 0. The second-order valence-electron chi connectivity index (χ2n) is 1.67. The quantitative estimate of drug-likeness (QED) is 0.544. The standard InChI is InChI=1S/C6H12FN/c1-3-6(2)8-5-4-7/h3,6,8H,1,4-5H2,2H3. The van der Waals surface area contributed by atoms with Gasteiger partial charge >= 0.3 is 0 Å². The van der Waals surface area contributed by atoms with E-state index in [1.54, 1.807) is 6.08 Å². The van der Waals surface area contributed by atoms with E-state index in [4.69, 9.17) is 0 Å². The molecular weight excluding hydrogens is 105 g/mol. The Morgan fingerprint density at radius 2 is 2.50 bits per heavy atom. The van der Waals surface area contributed by atoms with Crippen molar-refractivity contribution >= 4 is 0 Å². The molecule has 0 rings (SSSR count). The van der Waals surface area contributed by atoms with Gasteiger partial charge in [-0.2, -0.15) is 0 Å². The predicted molar refractivity (Wildman–Crippen MR) is 33.6 cm³/mol. The molecule has 0 saturated heterocycles. The molecule has 1 unspecified atom stereocenters. The molecule has 1 N–H and O–H groups in total. The normalized spacial score (nSPS) is 13.2. The number of nitrogens with one attached hydrogen (secondary N) is 1. The van der Waals surface area contributed by atoms with Crippen LogP contribution >= 0.6 is 0 Å². The number of rotatable bonds is 4. The molecule has 8 heavy (non-hydrogen) atoms. The van der Waals surface area contributed by atoms with Crippen molar-refractivity contribution in [2.75, 3.05) is 13.2 Å². The Balaban J connectivity index is 2.98. The highest BCUT2D eigenvalue weighted by atomic mass is 19.1. The van der Waals surface area contributed by atoms with Gasteiger partial charge in [0.25, 0.3) is 0 Å². The van der Waals surface area contributed by atoms with Gasteiger partial charge in [0.15, 0.2) is 0 Å². The van der Waals surface area contributed by atoms with Gasteiger partial charge in [0, 0.05) is 12.6 Å². The first-order chi connectivity index (χ1) is 3.81. The Labute approximate surface area is 49.6 Å². The first kappa shape index (κ1) is 7.63. The molecule has 0 bridgehead atoms. The van der Waals surface area contributed by atoms with Crippen molar-refractivity contribution in [2.45, 2.75) is 13.0 Å². The van der Waals surface area contributed by atoms with Crippen molar-refractivity contribution in [3.8, 4) is 0 Å². The first-order valence-electron chi connectivity index (χ1n) is 2.73. The van der Waals surface area contributed by atoms with Crippen LogP contribution < -0.4 is 5.32 Å². The van der Waals surface area contributed by atoms with Crippen molar-refractivity contribution in [1.82, 2.24) is 5.32 Å². The van der Waals surface area contributed by atoms with E-state index in [9.17, 15) is 4.39 Å². The second-order valence-corrected chi connectivity index (χ2v) is 1.67. The fourth-order valence-electron chi connectivity index (χ4n) is 0.366. The molecule has 1 nitrogen and oxygen atoms in total. The van der Waals surface area contributed by atoms with Crippen LogP contribution in [0.2, 0.25) is 0 Å². The number of halogens is 1. The van der Waals surface area contributed by atoms with Gasteiger partial charge in [-0.05, 0) is 6.92 Å². The molecule has 1 atom stereocenters. The van der Waals surface area contributed by atoms with Crippen molar-refractivity contribution in [2.24, 2.45) is 0 Å². The van der Waals surface area contributed by atoms with Crippen LogP contribution in [0, 0.1) is 0 Å². The fraction of sp³-hybridized carbons (Fsp3) is 0.667.